The minimum atomic E-state index is -1.15. The van der Waals surface area contributed by atoms with E-state index in [1.807, 2.05) is 0 Å². The molecule has 16 heavy (non-hydrogen) atoms. The van der Waals surface area contributed by atoms with E-state index in [4.69, 9.17) is 9.47 Å². The lowest BCUT2D eigenvalue weighted by atomic mass is 10.0. The van der Waals surface area contributed by atoms with Crippen LogP contribution in [0, 0.1) is 10.1 Å². The summed E-state index contributed by atoms with van der Waals surface area (Å²) in [7, 11) is 0. The van der Waals surface area contributed by atoms with Crippen LogP contribution in [0.15, 0.2) is 18.2 Å². The quantitative estimate of drug-likeness (QED) is 0.615. The zero-order chi connectivity index (χ0) is 11.7. The van der Waals surface area contributed by atoms with Gasteiger partial charge >= 0.3 is 0 Å². The molecule has 0 radical (unpaired) electrons. The zero-order valence-corrected chi connectivity index (χ0v) is 8.62. The van der Waals surface area contributed by atoms with Gasteiger partial charge in [-0.1, -0.05) is 6.07 Å². The highest BCUT2D eigenvalue weighted by Gasteiger charge is 2.27. The molecule has 6 heteroatoms. The Bertz CT molecular complexity index is 420. The van der Waals surface area contributed by atoms with E-state index < -0.39 is 17.1 Å². The Balaban J connectivity index is 2.24. The van der Waals surface area contributed by atoms with E-state index in [0.717, 1.165) is 0 Å². The molecule has 1 aromatic carbocycles. The number of nitro groups is 1. The maximum Gasteiger partial charge on any atom is 0.239 e. The predicted molar refractivity (Wildman–Crippen MR) is 54.0 cm³/mol. The van der Waals surface area contributed by atoms with E-state index in [-0.39, 0.29) is 6.79 Å². The third-order valence-electron chi connectivity index (χ3n) is 2.53. The fourth-order valence-corrected chi connectivity index (χ4v) is 1.49. The van der Waals surface area contributed by atoms with Gasteiger partial charge in [-0.15, -0.1) is 0 Å². The van der Waals surface area contributed by atoms with Crippen molar-refractivity contribution in [1.82, 2.24) is 0 Å². The lowest BCUT2D eigenvalue weighted by Crippen LogP contribution is -2.23. The molecule has 2 atom stereocenters. The molecule has 1 heterocycles. The van der Waals surface area contributed by atoms with Crippen molar-refractivity contribution in [2.24, 2.45) is 0 Å². The minimum Gasteiger partial charge on any atom is -0.454 e. The van der Waals surface area contributed by atoms with Gasteiger partial charge in [-0.05, 0) is 17.7 Å². The lowest BCUT2D eigenvalue weighted by molar-refractivity contribution is -0.531. The fourth-order valence-electron chi connectivity index (χ4n) is 1.49. The van der Waals surface area contributed by atoms with E-state index in [9.17, 15) is 15.2 Å². The molecule has 0 saturated carbocycles. The van der Waals surface area contributed by atoms with E-state index in [0.29, 0.717) is 17.1 Å². The Morgan fingerprint density at radius 1 is 1.44 bits per heavy atom. The second kappa shape index (κ2) is 3.97. The molecule has 0 fully saturated rings. The molecule has 0 aliphatic carbocycles. The van der Waals surface area contributed by atoms with Crippen LogP contribution in [0.25, 0.3) is 0 Å². The van der Waals surface area contributed by atoms with Crippen molar-refractivity contribution in [2.75, 3.05) is 6.79 Å². The first-order chi connectivity index (χ1) is 7.59. The molecule has 0 bridgehead atoms. The molecule has 86 valence electrons. The molecular formula is C10H11NO5. The largest absolute Gasteiger partial charge is 0.454 e. The van der Waals surface area contributed by atoms with Gasteiger partial charge in [0.25, 0.3) is 0 Å². The van der Waals surface area contributed by atoms with Crippen LogP contribution in [0.2, 0.25) is 0 Å². The van der Waals surface area contributed by atoms with Crippen molar-refractivity contribution >= 4 is 0 Å². The average Bonchev–Trinajstić information content (AvgIpc) is 2.73. The molecule has 1 N–H and O–H groups in total. The Kier molecular flexibility index (Phi) is 2.66. The van der Waals surface area contributed by atoms with Crippen LogP contribution in [-0.2, 0) is 0 Å². The molecule has 0 amide bonds. The summed E-state index contributed by atoms with van der Waals surface area (Å²) in [5, 5.41) is 20.3. The van der Waals surface area contributed by atoms with Crippen molar-refractivity contribution in [1.29, 1.82) is 0 Å². The summed E-state index contributed by atoms with van der Waals surface area (Å²) in [5.41, 5.74) is 0.452. The third kappa shape index (κ3) is 1.79. The number of fused-ring (bicyclic) bond motifs is 1. The van der Waals surface area contributed by atoms with Gasteiger partial charge in [-0.3, -0.25) is 10.1 Å². The Hall–Kier alpha value is -1.82. The van der Waals surface area contributed by atoms with Crippen molar-refractivity contribution in [3.05, 3.63) is 33.9 Å². The highest BCUT2D eigenvalue weighted by Crippen LogP contribution is 2.34. The third-order valence-corrected chi connectivity index (χ3v) is 2.53. The number of hydrogen-bond acceptors (Lipinski definition) is 5. The van der Waals surface area contributed by atoms with E-state index in [2.05, 4.69) is 0 Å². The second-order valence-corrected chi connectivity index (χ2v) is 3.58. The van der Waals surface area contributed by atoms with Crippen LogP contribution in [-0.4, -0.2) is 22.9 Å². The molecule has 0 saturated heterocycles. The maximum atomic E-state index is 10.5. The number of rotatable bonds is 3. The number of aliphatic hydroxyl groups excluding tert-OH is 1. The highest BCUT2D eigenvalue weighted by molar-refractivity contribution is 5.45. The number of ether oxygens (including phenoxy) is 2. The number of hydrogen-bond donors (Lipinski definition) is 1. The number of aliphatic hydroxyl groups is 1. The van der Waals surface area contributed by atoms with Crippen LogP contribution in [0.5, 0.6) is 11.5 Å². The van der Waals surface area contributed by atoms with Gasteiger partial charge in [0.15, 0.2) is 11.5 Å². The van der Waals surface area contributed by atoms with E-state index in [1.54, 1.807) is 18.2 Å². The molecule has 6 nitrogen and oxygen atoms in total. The summed E-state index contributed by atoms with van der Waals surface area (Å²) in [6, 6.07) is 3.74. The summed E-state index contributed by atoms with van der Waals surface area (Å²) in [6.07, 6.45) is -1.15. The van der Waals surface area contributed by atoms with Gasteiger partial charge in [0, 0.05) is 11.8 Å². The summed E-state index contributed by atoms with van der Waals surface area (Å²) < 4.78 is 10.2. The number of benzene rings is 1. The lowest BCUT2D eigenvalue weighted by Gasteiger charge is -2.12. The van der Waals surface area contributed by atoms with Crippen molar-refractivity contribution < 1.29 is 19.5 Å². The minimum absolute atomic E-state index is 0.139. The highest BCUT2D eigenvalue weighted by atomic mass is 16.7. The average molecular weight is 225 g/mol. The van der Waals surface area contributed by atoms with Crippen LogP contribution < -0.4 is 9.47 Å². The first-order valence-corrected chi connectivity index (χ1v) is 4.80. The van der Waals surface area contributed by atoms with Crippen molar-refractivity contribution in [2.45, 2.75) is 19.1 Å². The first-order valence-electron chi connectivity index (χ1n) is 4.80. The standard InChI is InChI=1S/C10H11NO5/c1-6(11(13)14)10(12)7-2-3-8-9(4-7)16-5-15-8/h2-4,6,10,12H,5H2,1H3. The topological polar surface area (TPSA) is 81.8 Å². The number of nitrogens with zero attached hydrogens (tertiary/aromatic N) is 1. The Labute approximate surface area is 91.6 Å². The molecular weight excluding hydrogens is 214 g/mol. The first kappa shape index (κ1) is 10.7. The molecule has 2 unspecified atom stereocenters. The van der Waals surface area contributed by atoms with E-state index in [1.165, 1.54) is 6.92 Å². The van der Waals surface area contributed by atoms with Gasteiger partial charge in [0.2, 0.25) is 12.8 Å². The van der Waals surface area contributed by atoms with Crippen molar-refractivity contribution in [3.63, 3.8) is 0 Å². The molecule has 1 aliphatic rings. The van der Waals surface area contributed by atoms with Gasteiger partial charge in [0.1, 0.15) is 6.10 Å². The predicted octanol–water partition coefficient (Wildman–Crippen LogP) is 1.11. The molecule has 0 spiro atoms. The normalized spacial score (nSPS) is 16.9. The second-order valence-electron chi connectivity index (χ2n) is 3.58. The monoisotopic (exact) mass is 225 g/mol. The molecule has 0 aromatic heterocycles. The SMILES string of the molecule is CC(C(O)c1ccc2c(c1)OCO2)[N+](=O)[O-]. The summed E-state index contributed by atoms with van der Waals surface area (Å²) >= 11 is 0. The zero-order valence-electron chi connectivity index (χ0n) is 8.62. The Morgan fingerprint density at radius 3 is 2.81 bits per heavy atom. The van der Waals surface area contributed by atoms with Gasteiger partial charge in [-0.2, -0.15) is 0 Å². The summed E-state index contributed by atoms with van der Waals surface area (Å²) in [5.74, 6) is 1.09. The van der Waals surface area contributed by atoms with Crippen LogP contribution in [0.3, 0.4) is 0 Å². The molecule has 2 rings (SSSR count). The van der Waals surface area contributed by atoms with Crippen molar-refractivity contribution in [3.8, 4) is 11.5 Å². The van der Waals surface area contributed by atoms with E-state index >= 15 is 0 Å². The maximum absolute atomic E-state index is 10.5. The molecule has 1 aromatic rings. The van der Waals surface area contributed by atoms with Crippen LogP contribution >= 0.6 is 0 Å². The van der Waals surface area contributed by atoms with Gasteiger partial charge in [0.05, 0.1) is 0 Å². The molecule has 1 aliphatic heterocycles. The van der Waals surface area contributed by atoms with Crippen LogP contribution in [0.1, 0.15) is 18.6 Å². The smallest absolute Gasteiger partial charge is 0.239 e. The Morgan fingerprint density at radius 2 is 2.12 bits per heavy atom. The van der Waals surface area contributed by atoms with Gasteiger partial charge in [-0.25, -0.2) is 0 Å². The summed E-state index contributed by atoms with van der Waals surface area (Å²) in [4.78, 5) is 10.0. The fraction of sp³-hybridized carbons (Fsp3) is 0.400. The van der Waals surface area contributed by atoms with Crippen LogP contribution in [0.4, 0.5) is 0 Å². The summed E-state index contributed by atoms with van der Waals surface area (Å²) in [6.45, 7) is 1.49. The van der Waals surface area contributed by atoms with Gasteiger partial charge < -0.3 is 14.6 Å².